The van der Waals surface area contributed by atoms with Gasteiger partial charge in [-0.15, -0.1) is 0 Å². The molecule has 3 unspecified atom stereocenters. The van der Waals surface area contributed by atoms with Crippen molar-refractivity contribution in [2.24, 2.45) is 5.92 Å². The monoisotopic (exact) mass is 352 g/mol. The Kier molecular flexibility index (Phi) is 5.69. The zero-order chi connectivity index (χ0) is 14.5. The number of halogens is 1. The summed E-state index contributed by atoms with van der Waals surface area (Å²) in [5.41, 5.74) is 1.39. The molecule has 1 heterocycles. The number of rotatable bonds is 5. The third-order valence-electron chi connectivity index (χ3n) is 4.80. The van der Waals surface area contributed by atoms with Crippen LogP contribution in [0.1, 0.15) is 24.8 Å². The quantitative estimate of drug-likeness (QED) is 0.854. The predicted molar refractivity (Wildman–Crippen MR) is 89.6 cm³/mol. The van der Waals surface area contributed by atoms with Gasteiger partial charge in [-0.2, -0.15) is 0 Å². The van der Waals surface area contributed by atoms with Gasteiger partial charge in [0.25, 0.3) is 0 Å². The molecule has 3 rings (SSSR count). The summed E-state index contributed by atoms with van der Waals surface area (Å²) in [6.45, 7) is 3.80. The van der Waals surface area contributed by atoms with E-state index in [-0.39, 0.29) is 0 Å². The summed E-state index contributed by atoms with van der Waals surface area (Å²) < 4.78 is 6.86. The summed E-state index contributed by atoms with van der Waals surface area (Å²) in [6, 6.07) is 9.70. The number of benzene rings is 1. The van der Waals surface area contributed by atoms with E-state index in [4.69, 9.17) is 4.74 Å². The number of morpholine rings is 1. The molecule has 2 N–H and O–H groups in total. The molecule has 2 fully saturated rings. The molecule has 1 aromatic rings. The van der Waals surface area contributed by atoms with Crippen LogP contribution in [0.2, 0.25) is 0 Å². The summed E-state index contributed by atoms with van der Waals surface area (Å²) in [4.78, 5) is 0. The summed E-state index contributed by atoms with van der Waals surface area (Å²) in [5, 5.41) is 7.42. The molecule has 0 spiro atoms. The van der Waals surface area contributed by atoms with Crippen molar-refractivity contribution >= 4 is 15.9 Å². The van der Waals surface area contributed by atoms with Crippen LogP contribution in [0.3, 0.4) is 0 Å². The van der Waals surface area contributed by atoms with Crippen molar-refractivity contribution in [3.05, 3.63) is 34.3 Å². The second-order valence-electron chi connectivity index (χ2n) is 6.13. The number of hydrogen-bond donors (Lipinski definition) is 2. The fourth-order valence-corrected chi connectivity index (χ4v) is 4.16. The van der Waals surface area contributed by atoms with Crippen molar-refractivity contribution in [3.8, 4) is 0 Å². The van der Waals surface area contributed by atoms with Crippen molar-refractivity contribution in [2.75, 3.05) is 26.3 Å². The van der Waals surface area contributed by atoms with Crippen LogP contribution < -0.4 is 10.6 Å². The van der Waals surface area contributed by atoms with Crippen LogP contribution in [0.5, 0.6) is 0 Å². The molecule has 1 aliphatic heterocycles. The van der Waals surface area contributed by atoms with E-state index in [0.29, 0.717) is 12.1 Å². The molecular formula is C17H25BrN2O. The van der Waals surface area contributed by atoms with Crippen LogP contribution in [-0.2, 0) is 11.2 Å². The summed E-state index contributed by atoms with van der Waals surface area (Å²) in [7, 11) is 0. The van der Waals surface area contributed by atoms with E-state index in [1.807, 2.05) is 0 Å². The van der Waals surface area contributed by atoms with Crippen molar-refractivity contribution in [3.63, 3.8) is 0 Å². The second kappa shape index (κ2) is 7.73. The molecule has 0 aromatic heterocycles. The smallest absolute Gasteiger partial charge is 0.0623 e. The first-order valence-electron chi connectivity index (χ1n) is 8.12. The van der Waals surface area contributed by atoms with Gasteiger partial charge in [-0.3, -0.25) is 0 Å². The SMILES string of the molecule is Brc1ccccc1CCNC1CCCC1C1COCCN1. The highest BCUT2D eigenvalue weighted by Gasteiger charge is 2.34. The zero-order valence-corrected chi connectivity index (χ0v) is 14.1. The average molecular weight is 353 g/mol. The Morgan fingerprint density at radius 3 is 3.00 bits per heavy atom. The first-order valence-corrected chi connectivity index (χ1v) is 8.92. The van der Waals surface area contributed by atoms with Gasteiger partial charge in [0.2, 0.25) is 0 Å². The van der Waals surface area contributed by atoms with E-state index in [9.17, 15) is 0 Å². The van der Waals surface area contributed by atoms with Crippen molar-refractivity contribution in [2.45, 2.75) is 37.8 Å². The molecule has 2 aliphatic rings. The largest absolute Gasteiger partial charge is 0.379 e. The highest BCUT2D eigenvalue weighted by molar-refractivity contribution is 9.10. The van der Waals surface area contributed by atoms with Crippen LogP contribution in [0, 0.1) is 5.92 Å². The minimum atomic E-state index is 0.544. The van der Waals surface area contributed by atoms with E-state index in [1.165, 1.54) is 29.3 Å². The van der Waals surface area contributed by atoms with E-state index >= 15 is 0 Å². The Balaban J connectivity index is 1.49. The fraction of sp³-hybridized carbons (Fsp3) is 0.647. The minimum absolute atomic E-state index is 0.544. The first-order chi connectivity index (χ1) is 10.3. The van der Waals surface area contributed by atoms with Crippen molar-refractivity contribution < 1.29 is 4.74 Å². The lowest BCUT2D eigenvalue weighted by Crippen LogP contribution is -2.51. The highest BCUT2D eigenvalue weighted by atomic mass is 79.9. The Labute approximate surface area is 136 Å². The topological polar surface area (TPSA) is 33.3 Å². The first kappa shape index (κ1) is 15.5. The van der Waals surface area contributed by atoms with Crippen LogP contribution in [-0.4, -0.2) is 38.4 Å². The Bertz CT molecular complexity index is 448. The van der Waals surface area contributed by atoms with Crippen molar-refractivity contribution in [1.82, 2.24) is 10.6 Å². The van der Waals surface area contributed by atoms with Crippen molar-refractivity contribution in [1.29, 1.82) is 0 Å². The van der Waals surface area contributed by atoms with Crippen LogP contribution in [0.25, 0.3) is 0 Å². The maximum absolute atomic E-state index is 5.64. The molecule has 3 atom stereocenters. The Morgan fingerprint density at radius 2 is 2.19 bits per heavy atom. The van der Waals surface area contributed by atoms with Gasteiger partial charge >= 0.3 is 0 Å². The lowest BCUT2D eigenvalue weighted by molar-refractivity contribution is 0.0526. The van der Waals surface area contributed by atoms with E-state index in [2.05, 4.69) is 50.8 Å². The van der Waals surface area contributed by atoms with Gasteiger partial charge in [-0.05, 0) is 43.4 Å². The van der Waals surface area contributed by atoms with Gasteiger partial charge in [0.05, 0.1) is 13.2 Å². The third-order valence-corrected chi connectivity index (χ3v) is 5.57. The molecule has 0 radical (unpaired) electrons. The molecule has 1 aromatic carbocycles. The molecule has 21 heavy (non-hydrogen) atoms. The van der Waals surface area contributed by atoms with Gasteiger partial charge in [0.1, 0.15) is 0 Å². The lowest BCUT2D eigenvalue weighted by atomic mass is 9.94. The molecule has 1 saturated carbocycles. The normalized spacial score (nSPS) is 29.7. The Hall–Kier alpha value is -0.420. The molecule has 0 bridgehead atoms. The summed E-state index contributed by atoms with van der Waals surface area (Å²) in [6.07, 6.45) is 5.06. The molecule has 1 aliphatic carbocycles. The van der Waals surface area contributed by atoms with E-state index in [1.54, 1.807) is 0 Å². The van der Waals surface area contributed by atoms with Gasteiger partial charge < -0.3 is 15.4 Å². The average Bonchev–Trinajstić information content (AvgIpc) is 2.99. The van der Waals surface area contributed by atoms with Crippen LogP contribution in [0.4, 0.5) is 0 Å². The van der Waals surface area contributed by atoms with Crippen LogP contribution >= 0.6 is 15.9 Å². The predicted octanol–water partition coefficient (Wildman–Crippen LogP) is 2.74. The van der Waals surface area contributed by atoms with E-state index in [0.717, 1.165) is 38.6 Å². The molecule has 0 amide bonds. The zero-order valence-electron chi connectivity index (χ0n) is 12.5. The number of ether oxygens (including phenoxy) is 1. The third kappa shape index (κ3) is 4.07. The fourth-order valence-electron chi connectivity index (χ4n) is 3.68. The maximum atomic E-state index is 5.64. The minimum Gasteiger partial charge on any atom is -0.379 e. The summed E-state index contributed by atoms with van der Waals surface area (Å²) >= 11 is 3.63. The molecule has 1 saturated heterocycles. The molecule has 4 heteroatoms. The number of nitrogens with one attached hydrogen (secondary N) is 2. The Morgan fingerprint density at radius 1 is 1.29 bits per heavy atom. The van der Waals surface area contributed by atoms with Gasteiger partial charge in [0, 0.05) is 23.1 Å². The van der Waals surface area contributed by atoms with Gasteiger partial charge in [-0.25, -0.2) is 0 Å². The second-order valence-corrected chi connectivity index (χ2v) is 6.99. The molecular weight excluding hydrogens is 328 g/mol. The highest BCUT2D eigenvalue weighted by Crippen LogP contribution is 2.29. The van der Waals surface area contributed by atoms with Gasteiger partial charge in [-0.1, -0.05) is 40.5 Å². The van der Waals surface area contributed by atoms with E-state index < -0.39 is 0 Å². The standard InChI is InChI=1S/C17H25BrN2O/c18-15-6-2-1-4-13(15)8-9-19-16-7-3-5-14(16)17-12-21-11-10-20-17/h1-2,4,6,14,16-17,19-20H,3,5,7-12H2. The molecule has 3 nitrogen and oxygen atoms in total. The summed E-state index contributed by atoms with van der Waals surface area (Å²) in [5.74, 6) is 0.726. The van der Waals surface area contributed by atoms with Gasteiger partial charge in [0.15, 0.2) is 0 Å². The maximum Gasteiger partial charge on any atom is 0.0623 e. The van der Waals surface area contributed by atoms with Crippen LogP contribution in [0.15, 0.2) is 28.7 Å². The number of hydrogen-bond acceptors (Lipinski definition) is 3. The molecule has 116 valence electrons. The lowest BCUT2D eigenvalue weighted by Gasteiger charge is -2.33.